The highest BCUT2D eigenvalue weighted by Gasteiger charge is 2.11. The van der Waals surface area contributed by atoms with Gasteiger partial charge in [-0.1, -0.05) is 66.7 Å². The number of unbranched alkanes of at least 4 members (excludes halogenated alkanes) is 2. The van der Waals surface area contributed by atoms with Crippen molar-refractivity contribution in [2.75, 3.05) is 25.2 Å². The topological polar surface area (TPSA) is 0 Å². The number of hydrogen-bond acceptors (Lipinski definition) is 0. The molecule has 130 valence electrons. The summed E-state index contributed by atoms with van der Waals surface area (Å²) in [5.74, 6) is 0. The lowest BCUT2D eigenvalue weighted by Crippen LogP contribution is -3.00. The number of alkyl halides is 1. The lowest BCUT2D eigenvalue weighted by molar-refractivity contribution is -0.874. The van der Waals surface area contributed by atoms with Crippen molar-refractivity contribution in [2.45, 2.75) is 19.3 Å². The van der Waals surface area contributed by atoms with Crippen LogP contribution in [-0.4, -0.2) is 29.7 Å². The van der Waals surface area contributed by atoms with Gasteiger partial charge in [0.15, 0.2) is 0 Å². The van der Waals surface area contributed by atoms with Gasteiger partial charge in [0.1, 0.15) is 4.55 Å². The van der Waals surface area contributed by atoms with Gasteiger partial charge in [-0.05, 0) is 58.6 Å². The average Bonchev–Trinajstić information content (AvgIpc) is 2.59. The highest BCUT2D eigenvalue weighted by Crippen LogP contribution is 2.24. The van der Waals surface area contributed by atoms with Crippen LogP contribution in [0.25, 0.3) is 5.57 Å². The molecule has 3 heteroatoms. The van der Waals surface area contributed by atoms with Gasteiger partial charge in [-0.25, -0.2) is 0 Å². The second kappa shape index (κ2) is 11.3. The summed E-state index contributed by atoms with van der Waals surface area (Å²) in [5.41, 5.74) is 3.97. The number of halogens is 2. The summed E-state index contributed by atoms with van der Waals surface area (Å²) in [7, 11) is 4.61. The fourth-order valence-electron chi connectivity index (χ4n) is 2.63. The zero-order valence-electron chi connectivity index (χ0n) is 14.6. The number of quaternary nitrogens is 1. The molecule has 0 bridgehead atoms. The van der Waals surface area contributed by atoms with Crippen molar-refractivity contribution in [3.8, 4) is 0 Å². The van der Waals surface area contributed by atoms with Crippen molar-refractivity contribution in [3.05, 3.63) is 77.9 Å². The molecule has 0 amide bonds. The second-order valence-corrected chi connectivity index (χ2v) is 7.31. The van der Waals surface area contributed by atoms with Gasteiger partial charge in [0.05, 0.1) is 20.6 Å². The Morgan fingerprint density at radius 1 is 0.875 bits per heavy atom. The Labute approximate surface area is 177 Å². The van der Waals surface area contributed by atoms with E-state index in [0.29, 0.717) is 0 Å². The Morgan fingerprint density at radius 2 is 1.38 bits per heavy atom. The second-order valence-electron chi connectivity index (χ2n) is 6.62. The standard InChI is InChI=1S/C21H27IN.HI/c1-23(2,18-22)17-11-5-10-16-21(19-12-6-3-7-13-19)20-14-8-4-9-15-20;/h3-4,6-9,12-16H,5,10-11,17-18H2,1-2H3;1H/q+1;/p-1. The van der Waals surface area contributed by atoms with Crippen molar-refractivity contribution in [1.82, 2.24) is 0 Å². The lowest BCUT2D eigenvalue weighted by Gasteiger charge is -2.26. The largest absolute Gasteiger partial charge is 1.00 e. The molecule has 0 aliphatic rings. The summed E-state index contributed by atoms with van der Waals surface area (Å²) in [5, 5.41) is 0. The third kappa shape index (κ3) is 7.23. The average molecular weight is 547 g/mol. The number of allylic oxidation sites excluding steroid dienone is 1. The fourth-order valence-corrected chi connectivity index (χ4v) is 2.97. The van der Waals surface area contributed by atoms with Gasteiger partial charge >= 0.3 is 0 Å². The minimum atomic E-state index is 0. The van der Waals surface area contributed by atoms with Gasteiger partial charge in [0.25, 0.3) is 0 Å². The van der Waals surface area contributed by atoms with Gasteiger partial charge in [-0.2, -0.15) is 0 Å². The summed E-state index contributed by atoms with van der Waals surface area (Å²) in [6.07, 6.45) is 6.08. The van der Waals surface area contributed by atoms with E-state index in [2.05, 4.69) is 103 Å². The molecule has 2 aromatic carbocycles. The molecular weight excluding hydrogens is 520 g/mol. The highest BCUT2D eigenvalue weighted by molar-refractivity contribution is 14.1. The van der Waals surface area contributed by atoms with Crippen LogP contribution in [0, 0.1) is 0 Å². The van der Waals surface area contributed by atoms with E-state index in [1.807, 2.05) is 0 Å². The monoisotopic (exact) mass is 547 g/mol. The molecule has 24 heavy (non-hydrogen) atoms. The molecule has 0 atom stereocenters. The Bertz CT molecular complexity index is 565. The Morgan fingerprint density at radius 3 is 1.83 bits per heavy atom. The van der Waals surface area contributed by atoms with Crippen LogP contribution in [0.1, 0.15) is 30.4 Å². The van der Waals surface area contributed by atoms with Crippen LogP contribution in [0.4, 0.5) is 0 Å². The fraction of sp³-hybridized carbons (Fsp3) is 0.333. The zero-order chi connectivity index (χ0) is 16.5. The van der Waals surface area contributed by atoms with Crippen molar-refractivity contribution >= 4 is 28.2 Å². The van der Waals surface area contributed by atoms with E-state index < -0.39 is 0 Å². The van der Waals surface area contributed by atoms with Crippen LogP contribution in [0.15, 0.2) is 66.7 Å². The quantitative estimate of drug-likeness (QED) is 0.157. The predicted octanol–water partition coefficient (Wildman–Crippen LogP) is 2.76. The normalized spacial score (nSPS) is 10.8. The molecule has 0 saturated carbocycles. The van der Waals surface area contributed by atoms with E-state index in [1.165, 1.54) is 40.6 Å². The van der Waals surface area contributed by atoms with Gasteiger partial charge in [-0.15, -0.1) is 0 Å². The smallest absolute Gasteiger partial charge is 0.129 e. The molecule has 0 radical (unpaired) electrons. The number of hydrogen-bond donors (Lipinski definition) is 0. The summed E-state index contributed by atoms with van der Waals surface area (Å²) in [6, 6.07) is 21.4. The summed E-state index contributed by atoms with van der Waals surface area (Å²) in [6.45, 7) is 1.25. The zero-order valence-corrected chi connectivity index (χ0v) is 18.9. The summed E-state index contributed by atoms with van der Waals surface area (Å²) < 4.78 is 2.28. The minimum absolute atomic E-state index is 0. The molecule has 0 heterocycles. The van der Waals surface area contributed by atoms with Crippen LogP contribution in [-0.2, 0) is 0 Å². The van der Waals surface area contributed by atoms with E-state index in [4.69, 9.17) is 0 Å². The molecule has 0 aliphatic heterocycles. The molecule has 0 aliphatic carbocycles. The molecule has 0 N–H and O–H groups in total. The predicted molar refractivity (Wildman–Crippen MR) is 110 cm³/mol. The van der Waals surface area contributed by atoms with Gasteiger partial charge < -0.3 is 28.5 Å². The first kappa shape index (κ1) is 21.6. The Hall–Kier alpha value is -0.400. The minimum Gasteiger partial charge on any atom is -1.00 e. The van der Waals surface area contributed by atoms with E-state index in [0.717, 1.165) is 10.9 Å². The van der Waals surface area contributed by atoms with Crippen molar-refractivity contribution in [1.29, 1.82) is 0 Å². The van der Waals surface area contributed by atoms with Gasteiger partial charge in [0, 0.05) is 0 Å². The first-order valence-electron chi connectivity index (χ1n) is 8.31. The molecule has 0 spiro atoms. The van der Waals surface area contributed by atoms with Crippen LogP contribution in [0.2, 0.25) is 0 Å². The van der Waals surface area contributed by atoms with E-state index >= 15 is 0 Å². The molecule has 0 aromatic heterocycles. The van der Waals surface area contributed by atoms with Crippen LogP contribution in [0.3, 0.4) is 0 Å². The van der Waals surface area contributed by atoms with E-state index in [1.54, 1.807) is 0 Å². The SMILES string of the molecule is C[N+](C)(CI)CCCCC=C(c1ccccc1)c1ccccc1.[I-]. The molecule has 2 rings (SSSR count). The Kier molecular flexibility index (Phi) is 10.2. The Balaban J connectivity index is 0.00000288. The van der Waals surface area contributed by atoms with E-state index in [-0.39, 0.29) is 24.0 Å². The third-order valence-corrected chi connectivity index (χ3v) is 5.91. The maximum atomic E-state index is 2.48. The molecular formula is C21H27I2N. The van der Waals surface area contributed by atoms with Crippen LogP contribution < -0.4 is 24.0 Å². The van der Waals surface area contributed by atoms with Crippen molar-refractivity contribution in [2.24, 2.45) is 0 Å². The number of nitrogens with zero attached hydrogens (tertiary/aromatic N) is 1. The summed E-state index contributed by atoms with van der Waals surface area (Å²) >= 11 is 2.48. The maximum Gasteiger partial charge on any atom is 0.129 e. The maximum absolute atomic E-state index is 2.48. The van der Waals surface area contributed by atoms with E-state index in [9.17, 15) is 0 Å². The van der Waals surface area contributed by atoms with Crippen LogP contribution >= 0.6 is 22.6 Å². The first-order valence-corrected chi connectivity index (χ1v) is 9.84. The highest BCUT2D eigenvalue weighted by atomic mass is 127. The van der Waals surface area contributed by atoms with Crippen molar-refractivity contribution in [3.63, 3.8) is 0 Å². The van der Waals surface area contributed by atoms with Gasteiger partial charge in [-0.3, -0.25) is 0 Å². The molecule has 0 saturated heterocycles. The lowest BCUT2D eigenvalue weighted by atomic mass is 9.96. The molecule has 0 fully saturated rings. The number of benzene rings is 2. The molecule has 0 unspecified atom stereocenters. The van der Waals surface area contributed by atoms with Crippen LogP contribution in [0.5, 0.6) is 0 Å². The molecule has 2 aromatic rings. The third-order valence-electron chi connectivity index (χ3n) is 4.06. The summed E-state index contributed by atoms with van der Waals surface area (Å²) in [4.78, 5) is 0. The number of rotatable bonds is 8. The van der Waals surface area contributed by atoms with Gasteiger partial charge in [0.2, 0.25) is 0 Å². The first-order chi connectivity index (χ1) is 11.1. The van der Waals surface area contributed by atoms with Crippen molar-refractivity contribution < 1.29 is 28.5 Å². The molecule has 1 nitrogen and oxygen atoms in total.